The third kappa shape index (κ3) is 2.39. The van der Waals surface area contributed by atoms with Crippen molar-refractivity contribution in [3.63, 3.8) is 0 Å². The second-order valence-electron chi connectivity index (χ2n) is 5.41. The molecule has 110 valence electrons. The van der Waals surface area contributed by atoms with Crippen LogP contribution in [0.25, 0.3) is 0 Å². The highest BCUT2D eigenvalue weighted by atomic mass is 16.7. The van der Waals surface area contributed by atoms with Crippen LogP contribution in [0.2, 0.25) is 0 Å². The highest BCUT2D eigenvalue weighted by Gasteiger charge is 2.45. The van der Waals surface area contributed by atoms with Gasteiger partial charge in [-0.25, -0.2) is 9.59 Å². The second kappa shape index (κ2) is 4.91. The summed E-state index contributed by atoms with van der Waals surface area (Å²) in [5, 5.41) is 0. The summed E-state index contributed by atoms with van der Waals surface area (Å²) >= 11 is 0. The topological polar surface area (TPSA) is 61.8 Å². The zero-order valence-corrected chi connectivity index (χ0v) is 11.8. The maximum Gasteiger partial charge on any atom is 0.349 e. The fraction of sp³-hybridized carbons (Fsp3) is 0.375. The van der Waals surface area contributed by atoms with Crippen LogP contribution in [0.5, 0.6) is 11.5 Å². The molecule has 0 aromatic heterocycles. The Balaban J connectivity index is 1.95. The van der Waals surface area contributed by atoms with Gasteiger partial charge in [0.1, 0.15) is 17.1 Å². The van der Waals surface area contributed by atoms with Crippen molar-refractivity contribution in [3.05, 3.63) is 35.9 Å². The van der Waals surface area contributed by atoms with E-state index in [1.807, 2.05) is 0 Å². The minimum absolute atomic E-state index is 0.137. The average Bonchev–Trinajstić information content (AvgIpc) is 2.85. The molecular formula is C16H16O5. The van der Waals surface area contributed by atoms with Crippen LogP contribution in [0.15, 0.2) is 30.4 Å². The Morgan fingerprint density at radius 2 is 2.00 bits per heavy atom. The van der Waals surface area contributed by atoms with E-state index in [2.05, 4.69) is 6.58 Å². The predicted octanol–water partition coefficient (Wildman–Crippen LogP) is 2.99. The maximum atomic E-state index is 12.3. The van der Waals surface area contributed by atoms with Gasteiger partial charge in [-0.2, -0.15) is 0 Å². The van der Waals surface area contributed by atoms with Gasteiger partial charge < -0.3 is 14.2 Å². The Morgan fingerprint density at radius 3 is 2.67 bits per heavy atom. The number of benzene rings is 1. The van der Waals surface area contributed by atoms with Crippen LogP contribution in [0.4, 0.5) is 0 Å². The Hall–Kier alpha value is -2.30. The fourth-order valence-corrected chi connectivity index (χ4v) is 2.63. The van der Waals surface area contributed by atoms with E-state index < -0.39 is 17.7 Å². The molecule has 5 heteroatoms. The van der Waals surface area contributed by atoms with Gasteiger partial charge in [-0.3, -0.25) is 0 Å². The summed E-state index contributed by atoms with van der Waals surface area (Å²) in [4.78, 5) is 23.9. The van der Waals surface area contributed by atoms with Crippen molar-refractivity contribution >= 4 is 11.9 Å². The Morgan fingerprint density at radius 1 is 1.29 bits per heavy atom. The van der Waals surface area contributed by atoms with Crippen molar-refractivity contribution in [2.75, 3.05) is 0 Å². The van der Waals surface area contributed by atoms with Crippen molar-refractivity contribution in [3.8, 4) is 11.5 Å². The summed E-state index contributed by atoms with van der Waals surface area (Å²) in [6.07, 6.45) is 3.31. The van der Waals surface area contributed by atoms with Gasteiger partial charge in [-0.15, -0.1) is 0 Å². The lowest BCUT2D eigenvalue weighted by atomic mass is 10.1. The largest absolute Gasteiger partial charge is 0.451 e. The number of hydrogen-bond donors (Lipinski definition) is 0. The van der Waals surface area contributed by atoms with E-state index in [4.69, 9.17) is 14.2 Å². The van der Waals surface area contributed by atoms with Gasteiger partial charge in [-0.05, 0) is 31.9 Å². The van der Waals surface area contributed by atoms with E-state index in [0.29, 0.717) is 18.6 Å². The molecule has 0 amide bonds. The molecule has 0 radical (unpaired) electrons. The lowest BCUT2D eigenvalue weighted by Crippen LogP contribution is -2.42. The second-order valence-corrected chi connectivity index (χ2v) is 5.41. The van der Waals surface area contributed by atoms with Gasteiger partial charge in [0.15, 0.2) is 0 Å². The number of esters is 2. The molecule has 1 saturated carbocycles. The number of rotatable bonds is 2. The molecule has 1 spiro atoms. The van der Waals surface area contributed by atoms with E-state index in [1.54, 1.807) is 19.1 Å². The van der Waals surface area contributed by atoms with Crippen molar-refractivity contribution in [1.29, 1.82) is 0 Å². The molecule has 21 heavy (non-hydrogen) atoms. The van der Waals surface area contributed by atoms with Crippen LogP contribution in [0.1, 0.15) is 43.0 Å². The zero-order valence-electron chi connectivity index (χ0n) is 11.8. The van der Waals surface area contributed by atoms with Crippen LogP contribution in [-0.4, -0.2) is 17.7 Å². The lowest BCUT2D eigenvalue weighted by Gasteiger charge is -2.34. The lowest BCUT2D eigenvalue weighted by molar-refractivity contribution is -0.149. The minimum atomic E-state index is -0.846. The summed E-state index contributed by atoms with van der Waals surface area (Å²) in [6, 6.07) is 4.91. The van der Waals surface area contributed by atoms with Crippen molar-refractivity contribution in [1.82, 2.24) is 0 Å². The highest BCUT2D eigenvalue weighted by molar-refractivity contribution is 5.98. The highest BCUT2D eigenvalue weighted by Crippen LogP contribution is 2.43. The smallest absolute Gasteiger partial charge is 0.349 e. The Kier molecular flexibility index (Phi) is 3.20. The van der Waals surface area contributed by atoms with Crippen molar-refractivity contribution in [2.45, 2.75) is 38.4 Å². The van der Waals surface area contributed by atoms with E-state index in [1.165, 1.54) is 6.07 Å². The van der Waals surface area contributed by atoms with Gasteiger partial charge in [0.25, 0.3) is 5.79 Å². The normalized spacial score (nSPS) is 18.6. The van der Waals surface area contributed by atoms with Gasteiger partial charge in [0.05, 0.1) is 0 Å². The van der Waals surface area contributed by atoms with E-state index >= 15 is 0 Å². The summed E-state index contributed by atoms with van der Waals surface area (Å²) < 4.78 is 16.5. The first-order valence-electron chi connectivity index (χ1n) is 6.94. The quantitative estimate of drug-likeness (QED) is 0.475. The molecule has 1 aromatic carbocycles. The molecular weight excluding hydrogens is 272 g/mol. The summed E-state index contributed by atoms with van der Waals surface area (Å²) in [5.41, 5.74) is 0.412. The molecule has 1 heterocycles. The van der Waals surface area contributed by atoms with Crippen LogP contribution in [-0.2, 0) is 9.53 Å². The molecule has 0 N–H and O–H groups in total. The van der Waals surface area contributed by atoms with Crippen LogP contribution in [0, 0.1) is 0 Å². The molecule has 0 saturated heterocycles. The maximum absolute atomic E-state index is 12.3. The van der Waals surface area contributed by atoms with E-state index in [-0.39, 0.29) is 16.9 Å². The SMILES string of the molecule is C=C(C)C(=O)Oc1cccc2c1C(=O)OC1(CCCC1)O2. The standard InChI is InChI=1S/C16H16O5/c1-10(2)14(17)19-11-6-5-7-12-13(11)15(18)21-16(20-12)8-3-4-9-16/h5-7H,1,3-4,8-9H2,2H3. The molecule has 5 nitrogen and oxygen atoms in total. The molecule has 1 fully saturated rings. The van der Waals surface area contributed by atoms with Gasteiger partial charge in [-0.1, -0.05) is 12.6 Å². The average molecular weight is 288 g/mol. The molecule has 1 aliphatic carbocycles. The molecule has 2 aliphatic rings. The third-order valence-corrected chi connectivity index (χ3v) is 3.68. The van der Waals surface area contributed by atoms with Crippen LogP contribution < -0.4 is 9.47 Å². The van der Waals surface area contributed by atoms with E-state index in [0.717, 1.165) is 12.8 Å². The van der Waals surface area contributed by atoms with Gasteiger partial charge in [0, 0.05) is 18.4 Å². The predicted molar refractivity (Wildman–Crippen MR) is 74.1 cm³/mol. The third-order valence-electron chi connectivity index (χ3n) is 3.68. The monoisotopic (exact) mass is 288 g/mol. The van der Waals surface area contributed by atoms with Crippen LogP contribution >= 0.6 is 0 Å². The number of ether oxygens (including phenoxy) is 3. The summed E-state index contributed by atoms with van der Waals surface area (Å²) in [5.74, 6) is -1.40. The first-order chi connectivity index (χ1) is 10.0. The number of carbonyl (C=O) groups is 2. The molecule has 1 aliphatic heterocycles. The number of carbonyl (C=O) groups excluding carboxylic acids is 2. The van der Waals surface area contributed by atoms with E-state index in [9.17, 15) is 9.59 Å². The first kappa shape index (κ1) is 13.7. The minimum Gasteiger partial charge on any atom is -0.451 e. The van der Waals surface area contributed by atoms with Gasteiger partial charge in [0.2, 0.25) is 0 Å². The van der Waals surface area contributed by atoms with Crippen molar-refractivity contribution in [2.24, 2.45) is 0 Å². The molecule has 0 atom stereocenters. The summed E-state index contributed by atoms with van der Waals surface area (Å²) in [7, 11) is 0. The van der Waals surface area contributed by atoms with Crippen molar-refractivity contribution < 1.29 is 23.8 Å². The Bertz CT molecular complexity index is 626. The number of hydrogen-bond acceptors (Lipinski definition) is 5. The van der Waals surface area contributed by atoms with Crippen LogP contribution in [0.3, 0.4) is 0 Å². The number of fused-ring (bicyclic) bond motifs is 1. The Labute approximate surface area is 122 Å². The first-order valence-corrected chi connectivity index (χ1v) is 6.94. The molecule has 0 bridgehead atoms. The summed E-state index contributed by atoms with van der Waals surface area (Å²) in [6.45, 7) is 5.06. The van der Waals surface area contributed by atoms with Gasteiger partial charge >= 0.3 is 11.9 Å². The molecule has 3 rings (SSSR count). The molecule has 1 aromatic rings. The zero-order chi connectivity index (χ0) is 15.0. The fourth-order valence-electron chi connectivity index (χ4n) is 2.63. The molecule has 0 unspecified atom stereocenters.